The molecule has 3 nitrogen and oxygen atoms in total. The van der Waals surface area contributed by atoms with Crippen LogP contribution in [0.1, 0.15) is 24.2 Å². The minimum Gasteiger partial charge on any atom is -0.486 e. The molecule has 0 spiro atoms. The number of furan rings is 1. The molecule has 1 aliphatic rings. The van der Waals surface area contributed by atoms with Crippen molar-refractivity contribution in [2.75, 3.05) is 0 Å². The lowest BCUT2D eigenvalue weighted by atomic mass is 10.2. The first-order valence-corrected chi connectivity index (χ1v) is 7.49. The number of nitrogens with one attached hydrogen (secondary N) is 1. The Morgan fingerprint density at radius 2 is 2.14 bits per heavy atom. The maximum Gasteiger partial charge on any atom is 0.200 e. The molecular weight excluding hydrogens is 344 g/mol. The summed E-state index contributed by atoms with van der Waals surface area (Å²) in [5.74, 6) is -1.29. The molecule has 2 aromatic rings. The van der Waals surface area contributed by atoms with Crippen molar-refractivity contribution in [3.63, 3.8) is 0 Å². The largest absolute Gasteiger partial charge is 0.486 e. The van der Waals surface area contributed by atoms with E-state index in [1.54, 1.807) is 12.3 Å². The molecule has 1 aromatic heterocycles. The molecule has 1 fully saturated rings. The predicted octanol–water partition coefficient (Wildman–Crippen LogP) is 4.15. The third kappa shape index (κ3) is 3.63. The third-order valence-electron chi connectivity index (χ3n) is 3.31. The zero-order valence-electron chi connectivity index (χ0n) is 11.2. The molecule has 0 aliphatic heterocycles. The second kappa shape index (κ2) is 6.15. The zero-order valence-corrected chi connectivity index (χ0v) is 12.8. The Balaban J connectivity index is 1.66. The van der Waals surface area contributed by atoms with E-state index in [1.165, 1.54) is 18.9 Å². The summed E-state index contributed by atoms with van der Waals surface area (Å²) in [5, 5.41) is 3.34. The second-order valence-electron chi connectivity index (χ2n) is 5.01. The van der Waals surface area contributed by atoms with E-state index in [4.69, 9.17) is 9.15 Å². The molecule has 0 amide bonds. The van der Waals surface area contributed by atoms with E-state index < -0.39 is 11.6 Å². The summed E-state index contributed by atoms with van der Waals surface area (Å²) in [4.78, 5) is 0. The van der Waals surface area contributed by atoms with Crippen LogP contribution in [0.15, 0.2) is 33.4 Å². The Labute approximate surface area is 129 Å². The fraction of sp³-hybridized carbons (Fsp3) is 0.333. The molecule has 0 atom stereocenters. The SMILES string of the molecule is Fc1cc(Br)cc(OCc2ccoc2CNC2CC2)c1F. The molecule has 0 unspecified atom stereocenters. The molecule has 1 heterocycles. The minimum atomic E-state index is -0.987. The van der Waals surface area contributed by atoms with Crippen LogP contribution in [0.25, 0.3) is 0 Å². The molecule has 3 rings (SSSR count). The molecule has 1 aliphatic carbocycles. The Morgan fingerprint density at radius 1 is 1.33 bits per heavy atom. The van der Waals surface area contributed by atoms with Gasteiger partial charge in [-0.05, 0) is 31.0 Å². The van der Waals surface area contributed by atoms with Crippen LogP contribution in [0.3, 0.4) is 0 Å². The van der Waals surface area contributed by atoms with Gasteiger partial charge in [-0.3, -0.25) is 0 Å². The number of benzene rings is 1. The Morgan fingerprint density at radius 3 is 2.90 bits per heavy atom. The van der Waals surface area contributed by atoms with Gasteiger partial charge in [0.05, 0.1) is 12.8 Å². The Bertz CT molecular complexity index is 641. The first-order chi connectivity index (χ1) is 10.1. The average molecular weight is 358 g/mol. The number of ether oxygens (including phenoxy) is 1. The van der Waals surface area contributed by atoms with Gasteiger partial charge in [0.1, 0.15) is 12.4 Å². The molecule has 1 aromatic carbocycles. The predicted molar refractivity (Wildman–Crippen MR) is 77.0 cm³/mol. The topological polar surface area (TPSA) is 34.4 Å². The second-order valence-corrected chi connectivity index (χ2v) is 5.93. The van der Waals surface area contributed by atoms with Gasteiger partial charge in [0.15, 0.2) is 11.6 Å². The Kier molecular flexibility index (Phi) is 4.26. The monoisotopic (exact) mass is 357 g/mol. The summed E-state index contributed by atoms with van der Waals surface area (Å²) in [6.07, 6.45) is 3.95. The molecule has 21 heavy (non-hydrogen) atoms. The number of hydrogen-bond acceptors (Lipinski definition) is 3. The van der Waals surface area contributed by atoms with Crippen LogP contribution in [0.2, 0.25) is 0 Å². The van der Waals surface area contributed by atoms with Gasteiger partial charge in [0.25, 0.3) is 0 Å². The third-order valence-corrected chi connectivity index (χ3v) is 3.77. The summed E-state index contributed by atoms with van der Waals surface area (Å²) in [6, 6.07) is 4.81. The molecule has 6 heteroatoms. The fourth-order valence-electron chi connectivity index (χ4n) is 1.97. The molecule has 0 bridgehead atoms. The Hall–Kier alpha value is -1.40. The summed E-state index contributed by atoms with van der Waals surface area (Å²) in [5.41, 5.74) is 0.822. The van der Waals surface area contributed by atoms with E-state index in [0.717, 1.165) is 17.4 Å². The van der Waals surface area contributed by atoms with Gasteiger partial charge in [-0.1, -0.05) is 15.9 Å². The summed E-state index contributed by atoms with van der Waals surface area (Å²) < 4.78 is 38.1. The highest BCUT2D eigenvalue weighted by molar-refractivity contribution is 9.10. The molecule has 1 saturated carbocycles. The lowest BCUT2D eigenvalue weighted by Gasteiger charge is -2.09. The average Bonchev–Trinajstić information content (AvgIpc) is 3.17. The van der Waals surface area contributed by atoms with Gasteiger partial charge in [0, 0.05) is 16.1 Å². The van der Waals surface area contributed by atoms with Gasteiger partial charge < -0.3 is 14.5 Å². The van der Waals surface area contributed by atoms with E-state index in [9.17, 15) is 8.78 Å². The van der Waals surface area contributed by atoms with Crippen molar-refractivity contribution in [2.24, 2.45) is 0 Å². The van der Waals surface area contributed by atoms with Crippen LogP contribution in [0.5, 0.6) is 5.75 Å². The van der Waals surface area contributed by atoms with Crippen molar-refractivity contribution < 1.29 is 17.9 Å². The zero-order chi connectivity index (χ0) is 14.8. The molecular formula is C15H14BrF2NO2. The van der Waals surface area contributed by atoms with E-state index in [2.05, 4.69) is 21.2 Å². The maximum absolute atomic E-state index is 13.6. The fourth-order valence-corrected chi connectivity index (χ4v) is 2.38. The van der Waals surface area contributed by atoms with E-state index in [0.29, 0.717) is 17.1 Å². The van der Waals surface area contributed by atoms with Crippen LogP contribution >= 0.6 is 15.9 Å². The van der Waals surface area contributed by atoms with Crippen molar-refractivity contribution in [3.8, 4) is 5.75 Å². The van der Waals surface area contributed by atoms with Gasteiger partial charge in [0.2, 0.25) is 5.82 Å². The standard InChI is InChI=1S/C15H14BrF2NO2/c16-10-5-12(17)15(18)13(6-10)21-8-9-3-4-20-14(9)7-19-11-1-2-11/h3-6,11,19H,1-2,7-8H2. The lowest BCUT2D eigenvalue weighted by Crippen LogP contribution is -2.16. The number of hydrogen-bond donors (Lipinski definition) is 1. The van der Waals surface area contributed by atoms with Crippen molar-refractivity contribution in [3.05, 3.63) is 51.9 Å². The number of rotatable bonds is 6. The van der Waals surface area contributed by atoms with Crippen LogP contribution in [-0.2, 0) is 13.2 Å². The number of halogens is 3. The van der Waals surface area contributed by atoms with Crippen molar-refractivity contribution in [1.29, 1.82) is 0 Å². The van der Waals surface area contributed by atoms with Crippen LogP contribution < -0.4 is 10.1 Å². The maximum atomic E-state index is 13.6. The smallest absolute Gasteiger partial charge is 0.200 e. The quantitative estimate of drug-likeness (QED) is 0.788. The first-order valence-electron chi connectivity index (χ1n) is 6.69. The van der Waals surface area contributed by atoms with E-state index in [1.807, 2.05) is 0 Å². The first kappa shape index (κ1) is 14.5. The van der Waals surface area contributed by atoms with E-state index >= 15 is 0 Å². The summed E-state index contributed by atoms with van der Waals surface area (Å²) in [7, 11) is 0. The van der Waals surface area contributed by atoms with Gasteiger partial charge >= 0.3 is 0 Å². The van der Waals surface area contributed by atoms with Crippen LogP contribution in [-0.4, -0.2) is 6.04 Å². The lowest BCUT2D eigenvalue weighted by molar-refractivity contribution is 0.280. The summed E-state index contributed by atoms with van der Waals surface area (Å²) >= 11 is 3.11. The van der Waals surface area contributed by atoms with Crippen molar-refractivity contribution in [1.82, 2.24) is 5.32 Å². The molecule has 1 N–H and O–H groups in total. The molecule has 112 valence electrons. The normalized spacial score (nSPS) is 14.4. The molecule has 0 saturated heterocycles. The highest BCUT2D eigenvalue weighted by Crippen LogP contribution is 2.27. The minimum absolute atomic E-state index is 0.121. The summed E-state index contributed by atoms with van der Waals surface area (Å²) in [6.45, 7) is 0.747. The van der Waals surface area contributed by atoms with Crippen LogP contribution in [0, 0.1) is 11.6 Å². The van der Waals surface area contributed by atoms with Gasteiger partial charge in [-0.15, -0.1) is 0 Å². The molecule has 0 radical (unpaired) electrons. The van der Waals surface area contributed by atoms with Crippen LogP contribution in [0.4, 0.5) is 8.78 Å². The van der Waals surface area contributed by atoms with Gasteiger partial charge in [-0.2, -0.15) is 4.39 Å². The highest BCUT2D eigenvalue weighted by atomic mass is 79.9. The highest BCUT2D eigenvalue weighted by Gasteiger charge is 2.21. The van der Waals surface area contributed by atoms with Gasteiger partial charge in [-0.25, -0.2) is 4.39 Å². The van der Waals surface area contributed by atoms with Crippen molar-refractivity contribution >= 4 is 15.9 Å². The van der Waals surface area contributed by atoms with E-state index in [-0.39, 0.29) is 12.4 Å². The van der Waals surface area contributed by atoms with Crippen molar-refractivity contribution in [2.45, 2.75) is 32.0 Å².